The molecule has 2 aromatic heterocycles. The van der Waals surface area contributed by atoms with Gasteiger partial charge in [-0.2, -0.15) is 5.26 Å². The monoisotopic (exact) mass is 579 g/mol. The van der Waals surface area contributed by atoms with Crippen LogP contribution < -0.4 is 0 Å². The number of hydrogen-bond donors (Lipinski definition) is 1. The van der Waals surface area contributed by atoms with Crippen molar-refractivity contribution in [3.05, 3.63) is 68.3 Å². The lowest BCUT2D eigenvalue weighted by Crippen LogP contribution is -2.45. The third-order valence-corrected chi connectivity index (χ3v) is 10.7. The summed E-state index contributed by atoms with van der Waals surface area (Å²) in [6.45, 7) is 2.59. The van der Waals surface area contributed by atoms with Gasteiger partial charge in [0.15, 0.2) is 0 Å². The summed E-state index contributed by atoms with van der Waals surface area (Å²) >= 11 is 14.6. The number of rotatable bonds is 6. The van der Waals surface area contributed by atoms with Crippen molar-refractivity contribution in [1.82, 2.24) is 10.1 Å². The van der Waals surface area contributed by atoms with Gasteiger partial charge >= 0.3 is 0 Å². The van der Waals surface area contributed by atoms with Crippen molar-refractivity contribution in [2.24, 2.45) is 17.8 Å². The maximum absolute atomic E-state index is 12.2. The van der Waals surface area contributed by atoms with Crippen LogP contribution in [-0.4, -0.2) is 21.4 Å². The summed E-state index contributed by atoms with van der Waals surface area (Å²) in [5, 5.41) is 27.7. The molecule has 0 spiro atoms. The summed E-state index contributed by atoms with van der Waals surface area (Å²) in [6.07, 6.45) is 4.59. The molecular formula is C30H27Cl2N3O3S. The Kier molecular flexibility index (Phi) is 6.26. The van der Waals surface area contributed by atoms with E-state index in [4.69, 9.17) is 37.4 Å². The summed E-state index contributed by atoms with van der Waals surface area (Å²) in [5.74, 6) is 1.68. The Bertz CT molecular complexity index is 1600. The standard InChI is InChI=1S/C30H27Cl2N3O3S/c1-15-9-18-11-19(12-21(15)30(18,36)29-34-24-8-5-16(13-33)10-25(24)39-29)37-14-20-27(35-38-28(20)17-6-7-17)26-22(31)3-2-4-23(26)32/h2-5,8,10,15,17-19,21,36H,6-7,9,11-12,14H2,1H3/t15-,18+,19-,21-,30-/m0/s1. The van der Waals surface area contributed by atoms with E-state index in [9.17, 15) is 10.4 Å². The van der Waals surface area contributed by atoms with Crippen molar-refractivity contribution >= 4 is 44.8 Å². The number of aliphatic hydroxyl groups is 1. The lowest BCUT2D eigenvalue weighted by Gasteiger charge is -2.41. The van der Waals surface area contributed by atoms with Gasteiger partial charge < -0.3 is 14.4 Å². The van der Waals surface area contributed by atoms with Gasteiger partial charge in [0.2, 0.25) is 0 Å². The molecule has 5 atom stereocenters. The van der Waals surface area contributed by atoms with Crippen molar-refractivity contribution in [2.45, 2.75) is 63.3 Å². The van der Waals surface area contributed by atoms with Crippen LogP contribution in [0.2, 0.25) is 10.0 Å². The predicted octanol–water partition coefficient (Wildman–Crippen LogP) is 7.85. The van der Waals surface area contributed by atoms with Crippen LogP contribution in [0.3, 0.4) is 0 Å². The molecule has 2 aromatic carbocycles. The van der Waals surface area contributed by atoms with Crippen LogP contribution in [-0.2, 0) is 16.9 Å². The van der Waals surface area contributed by atoms with Gasteiger partial charge in [0.05, 0.1) is 44.6 Å². The Morgan fingerprint density at radius 3 is 2.69 bits per heavy atom. The number of benzene rings is 2. The third kappa shape index (κ3) is 4.20. The summed E-state index contributed by atoms with van der Waals surface area (Å²) in [5.41, 5.74) is 2.71. The molecule has 4 aromatic rings. The molecule has 6 nitrogen and oxygen atoms in total. The van der Waals surface area contributed by atoms with Gasteiger partial charge in [0.1, 0.15) is 22.1 Å². The molecule has 0 amide bonds. The van der Waals surface area contributed by atoms with E-state index in [-0.39, 0.29) is 17.9 Å². The Hall–Kier alpha value is -2.47. The molecule has 3 saturated carbocycles. The quantitative estimate of drug-likeness (QED) is 0.250. The van der Waals surface area contributed by atoms with E-state index in [1.165, 1.54) is 11.3 Å². The molecule has 2 heterocycles. The van der Waals surface area contributed by atoms with E-state index in [0.29, 0.717) is 45.3 Å². The highest BCUT2D eigenvalue weighted by Gasteiger charge is 2.59. The molecule has 0 saturated heterocycles. The van der Waals surface area contributed by atoms with Crippen LogP contribution >= 0.6 is 34.5 Å². The second-order valence-electron chi connectivity index (χ2n) is 11.3. The van der Waals surface area contributed by atoms with Gasteiger partial charge in [-0.25, -0.2) is 4.98 Å². The molecule has 0 unspecified atom stereocenters. The minimum absolute atomic E-state index is 0.00122. The zero-order chi connectivity index (χ0) is 26.9. The molecule has 9 heteroatoms. The molecule has 1 N–H and O–H groups in total. The van der Waals surface area contributed by atoms with E-state index in [1.54, 1.807) is 6.07 Å². The molecule has 7 rings (SSSR count). The minimum atomic E-state index is -0.984. The molecule has 200 valence electrons. The van der Waals surface area contributed by atoms with Gasteiger partial charge in [-0.15, -0.1) is 11.3 Å². The largest absolute Gasteiger partial charge is 0.382 e. The second-order valence-corrected chi connectivity index (χ2v) is 13.1. The third-order valence-electron chi connectivity index (χ3n) is 8.88. The van der Waals surface area contributed by atoms with Crippen LogP contribution in [0, 0.1) is 29.1 Å². The van der Waals surface area contributed by atoms with Gasteiger partial charge in [0.25, 0.3) is 0 Å². The molecule has 3 aliphatic rings. The van der Waals surface area contributed by atoms with Crippen LogP contribution in [0.15, 0.2) is 40.9 Å². The van der Waals surface area contributed by atoms with E-state index in [2.05, 4.69) is 18.1 Å². The van der Waals surface area contributed by atoms with Gasteiger partial charge in [0, 0.05) is 17.0 Å². The Morgan fingerprint density at radius 1 is 1.18 bits per heavy atom. The second kappa shape index (κ2) is 9.57. The maximum Gasteiger partial charge on any atom is 0.145 e. The van der Waals surface area contributed by atoms with Crippen molar-refractivity contribution in [1.29, 1.82) is 5.26 Å². The first-order valence-electron chi connectivity index (χ1n) is 13.4. The predicted molar refractivity (Wildman–Crippen MR) is 151 cm³/mol. The van der Waals surface area contributed by atoms with Gasteiger partial charge in [-0.05, 0) is 80.2 Å². The van der Waals surface area contributed by atoms with E-state index >= 15 is 0 Å². The number of fused-ring (bicyclic) bond motifs is 3. The van der Waals surface area contributed by atoms with Crippen LogP contribution in [0.5, 0.6) is 0 Å². The van der Waals surface area contributed by atoms with Crippen molar-refractivity contribution in [3.63, 3.8) is 0 Å². The Labute approximate surface area is 240 Å². The van der Waals surface area contributed by atoms with Gasteiger partial charge in [-0.3, -0.25) is 0 Å². The number of hydrogen-bond acceptors (Lipinski definition) is 7. The van der Waals surface area contributed by atoms with Crippen LogP contribution in [0.4, 0.5) is 0 Å². The average molecular weight is 581 g/mol. The highest BCUT2D eigenvalue weighted by molar-refractivity contribution is 7.18. The summed E-state index contributed by atoms with van der Waals surface area (Å²) in [4.78, 5) is 4.84. The van der Waals surface area contributed by atoms with Crippen molar-refractivity contribution in [3.8, 4) is 17.3 Å². The Morgan fingerprint density at radius 2 is 1.97 bits per heavy atom. The summed E-state index contributed by atoms with van der Waals surface area (Å²) in [6, 6.07) is 13.1. The van der Waals surface area contributed by atoms with Crippen LogP contribution in [0.1, 0.15) is 66.8 Å². The maximum atomic E-state index is 12.2. The first-order valence-corrected chi connectivity index (χ1v) is 15.0. The minimum Gasteiger partial charge on any atom is -0.382 e. The lowest BCUT2D eigenvalue weighted by molar-refractivity contribution is -0.120. The lowest BCUT2D eigenvalue weighted by atomic mass is 9.72. The fourth-order valence-electron chi connectivity index (χ4n) is 6.80. The molecule has 3 fully saturated rings. The number of thiazole rings is 1. The molecule has 0 radical (unpaired) electrons. The number of nitriles is 1. The molecular weight excluding hydrogens is 553 g/mol. The summed E-state index contributed by atoms with van der Waals surface area (Å²) < 4.78 is 13.3. The number of halogens is 2. The van der Waals surface area contributed by atoms with E-state index in [0.717, 1.165) is 58.7 Å². The normalized spacial score (nSPS) is 28.2. The number of ether oxygens (including phenoxy) is 1. The SMILES string of the molecule is C[C@H]1C[C@@H]2C[C@H](OCc3c(-c4c(Cl)cccc4Cl)noc3C3CC3)C[C@@H]1[C@]2(O)c1nc2ccc(C#N)cc2s1. The summed E-state index contributed by atoms with van der Waals surface area (Å²) in [7, 11) is 0. The zero-order valence-corrected chi connectivity index (χ0v) is 23.7. The Balaban J connectivity index is 1.15. The average Bonchev–Trinajstić information content (AvgIpc) is 3.52. The fraction of sp³-hybridized carbons (Fsp3) is 0.433. The fourth-order valence-corrected chi connectivity index (χ4v) is 8.61. The zero-order valence-electron chi connectivity index (χ0n) is 21.4. The molecule has 0 aliphatic heterocycles. The molecule has 39 heavy (non-hydrogen) atoms. The highest BCUT2D eigenvalue weighted by Crippen LogP contribution is 2.59. The van der Waals surface area contributed by atoms with Crippen molar-refractivity contribution in [2.75, 3.05) is 0 Å². The molecule has 2 bridgehead atoms. The van der Waals surface area contributed by atoms with E-state index < -0.39 is 5.60 Å². The number of nitrogens with zero attached hydrogens (tertiary/aromatic N) is 3. The van der Waals surface area contributed by atoms with E-state index in [1.807, 2.05) is 30.3 Å². The topological polar surface area (TPSA) is 92.2 Å². The highest BCUT2D eigenvalue weighted by atomic mass is 35.5. The van der Waals surface area contributed by atoms with Crippen LogP contribution in [0.25, 0.3) is 21.5 Å². The first-order chi connectivity index (χ1) is 18.9. The number of aromatic nitrogens is 2. The van der Waals surface area contributed by atoms with Crippen molar-refractivity contribution < 1.29 is 14.4 Å². The molecule has 3 aliphatic carbocycles. The smallest absolute Gasteiger partial charge is 0.145 e. The first kappa shape index (κ1) is 25.5. The van der Waals surface area contributed by atoms with Gasteiger partial charge in [-0.1, -0.05) is 41.3 Å².